The lowest BCUT2D eigenvalue weighted by Crippen LogP contribution is -2.55. The van der Waals surface area contributed by atoms with Crippen LogP contribution in [0.2, 0.25) is 0 Å². The Labute approximate surface area is 205 Å². The van der Waals surface area contributed by atoms with Gasteiger partial charge >= 0.3 is 0 Å². The molecule has 36 heavy (non-hydrogen) atoms. The summed E-state index contributed by atoms with van der Waals surface area (Å²) < 4.78 is 30.4. The summed E-state index contributed by atoms with van der Waals surface area (Å²) in [6, 6.07) is 6.06. The Morgan fingerprint density at radius 2 is 2.14 bits per heavy atom. The van der Waals surface area contributed by atoms with Crippen molar-refractivity contribution >= 4 is 28.9 Å². The highest BCUT2D eigenvalue weighted by atomic mass is 19.3. The van der Waals surface area contributed by atoms with Crippen LogP contribution in [0.15, 0.2) is 35.4 Å². The van der Waals surface area contributed by atoms with Crippen LogP contribution in [0.5, 0.6) is 0 Å². The molecule has 5 rings (SSSR count). The molecule has 2 saturated carbocycles. The van der Waals surface area contributed by atoms with Crippen LogP contribution in [0.3, 0.4) is 0 Å². The number of nitrogens with zero attached hydrogens (tertiary/aromatic N) is 5. The summed E-state index contributed by atoms with van der Waals surface area (Å²) in [7, 11) is 1.67. The average Bonchev–Trinajstić information content (AvgIpc) is 3.31. The molecular weight excluding hydrogens is 470 g/mol. The number of anilines is 3. The minimum atomic E-state index is -2.92. The third-order valence-electron chi connectivity index (χ3n) is 7.01. The molecule has 3 aromatic rings. The van der Waals surface area contributed by atoms with Gasteiger partial charge in [0.2, 0.25) is 0 Å². The lowest BCUT2D eigenvalue weighted by molar-refractivity contribution is -0.102. The van der Waals surface area contributed by atoms with Crippen molar-refractivity contribution in [2.45, 2.75) is 56.5 Å². The van der Waals surface area contributed by atoms with Crippen LogP contribution in [0.25, 0.3) is 5.65 Å². The van der Waals surface area contributed by atoms with Gasteiger partial charge in [0.15, 0.2) is 5.65 Å². The van der Waals surface area contributed by atoms with Gasteiger partial charge in [-0.2, -0.15) is 14.9 Å². The van der Waals surface area contributed by atoms with Gasteiger partial charge in [-0.1, -0.05) is 6.42 Å². The van der Waals surface area contributed by atoms with Crippen molar-refractivity contribution in [2.75, 3.05) is 17.7 Å². The molecule has 0 radical (unpaired) electrons. The number of alkyl halides is 2. The number of hydrogen-bond donors (Lipinski definition) is 3. The van der Waals surface area contributed by atoms with Crippen LogP contribution >= 0.6 is 0 Å². The number of pyridine rings is 1. The second-order valence-corrected chi connectivity index (χ2v) is 9.30. The van der Waals surface area contributed by atoms with E-state index >= 15 is 0 Å². The predicted molar refractivity (Wildman–Crippen MR) is 129 cm³/mol. The van der Waals surface area contributed by atoms with Crippen molar-refractivity contribution in [3.05, 3.63) is 46.5 Å². The monoisotopic (exact) mass is 496 g/mol. The Morgan fingerprint density at radius 1 is 1.31 bits per heavy atom. The normalized spacial score (nSPS) is 22.9. The fraction of sp³-hybridized carbons (Fsp3) is 0.458. The van der Waals surface area contributed by atoms with E-state index in [4.69, 9.17) is 0 Å². The Morgan fingerprint density at radius 3 is 2.83 bits per heavy atom. The second kappa shape index (κ2) is 9.22. The summed E-state index contributed by atoms with van der Waals surface area (Å²) in [5.41, 5.74) is 0.250. The maximum Gasteiger partial charge on any atom is 0.274 e. The Kier molecular flexibility index (Phi) is 6.07. The van der Waals surface area contributed by atoms with E-state index in [-0.39, 0.29) is 53.1 Å². The van der Waals surface area contributed by atoms with Crippen molar-refractivity contribution < 1.29 is 13.6 Å². The highest BCUT2D eigenvalue weighted by Crippen LogP contribution is 2.37. The zero-order valence-corrected chi connectivity index (χ0v) is 19.7. The highest BCUT2D eigenvalue weighted by Gasteiger charge is 2.49. The fourth-order valence-electron chi connectivity index (χ4n) is 4.85. The first-order chi connectivity index (χ1) is 17.3. The van der Waals surface area contributed by atoms with Gasteiger partial charge in [-0.3, -0.25) is 9.59 Å². The Balaban J connectivity index is 1.45. The summed E-state index contributed by atoms with van der Waals surface area (Å²) in [5, 5.41) is 21.9. The number of hydrogen-bond acceptors (Lipinski definition) is 7. The number of nitriles is 1. The van der Waals surface area contributed by atoms with E-state index in [1.807, 2.05) is 0 Å². The topological polar surface area (TPSA) is 129 Å². The quantitative estimate of drug-likeness (QED) is 0.477. The van der Waals surface area contributed by atoms with Crippen LogP contribution in [0.4, 0.5) is 26.1 Å². The molecule has 0 spiro atoms. The second-order valence-electron chi connectivity index (χ2n) is 9.30. The van der Waals surface area contributed by atoms with Crippen molar-refractivity contribution in [1.29, 1.82) is 5.26 Å². The van der Waals surface area contributed by atoms with Crippen LogP contribution in [-0.2, 0) is 0 Å². The van der Waals surface area contributed by atoms with Gasteiger partial charge in [0.25, 0.3) is 17.4 Å². The first kappa shape index (κ1) is 23.7. The van der Waals surface area contributed by atoms with Crippen LogP contribution < -0.4 is 21.5 Å². The largest absolute Gasteiger partial charge is 0.373 e. The molecule has 0 saturated heterocycles. The average molecular weight is 497 g/mol. The van der Waals surface area contributed by atoms with Crippen molar-refractivity contribution in [3.63, 3.8) is 0 Å². The van der Waals surface area contributed by atoms with Gasteiger partial charge in [-0.15, -0.1) is 0 Å². The number of fused-ring (bicyclic) bond motifs is 1. The third kappa shape index (κ3) is 4.25. The molecule has 3 atom stereocenters. The van der Waals surface area contributed by atoms with E-state index in [1.165, 1.54) is 10.7 Å². The molecule has 2 aliphatic carbocycles. The number of carbonyl (C=O) groups is 1. The zero-order chi connectivity index (χ0) is 25.4. The number of amides is 1. The summed E-state index contributed by atoms with van der Waals surface area (Å²) >= 11 is 0. The highest BCUT2D eigenvalue weighted by molar-refractivity contribution is 6.00. The van der Waals surface area contributed by atoms with Crippen LogP contribution in [0, 0.1) is 17.2 Å². The van der Waals surface area contributed by atoms with Crippen molar-refractivity contribution in [2.24, 2.45) is 5.92 Å². The van der Waals surface area contributed by atoms with Crippen molar-refractivity contribution in [1.82, 2.24) is 24.5 Å². The minimum Gasteiger partial charge on any atom is -0.373 e. The molecule has 0 bridgehead atoms. The minimum absolute atomic E-state index is 0.0491. The van der Waals surface area contributed by atoms with E-state index < -0.39 is 17.9 Å². The Bertz CT molecular complexity index is 1410. The number of rotatable bonds is 6. The van der Waals surface area contributed by atoms with Gasteiger partial charge in [-0.05, 0) is 37.8 Å². The molecule has 2 aliphatic rings. The number of nitrogens with one attached hydrogen (secondary N) is 3. The molecule has 1 unspecified atom stereocenters. The van der Waals surface area contributed by atoms with E-state index in [0.29, 0.717) is 12.2 Å². The molecule has 3 aromatic heterocycles. The molecule has 0 aliphatic heterocycles. The van der Waals surface area contributed by atoms with Crippen LogP contribution in [-0.4, -0.2) is 44.1 Å². The van der Waals surface area contributed by atoms with Gasteiger partial charge in [0.1, 0.15) is 22.9 Å². The number of aromatic nitrogens is 4. The molecule has 10 nitrogen and oxygen atoms in total. The standard InChI is InChI=1S/C24H26F2N8O2/c1-28-20-11-19(30-17-6-3-9-33(23(17)36)15-5-2-4-14(10-15)12-27)32-21-16(13-29-34(20)21)22(35)31-18-7-8-24(18,25)26/h3,6,9,11,13-15,18,28H,2,4-5,7-8,10H2,1H3,(H,30,32)(H,31,35)/t14-,15+,18?/m0/s1. The molecule has 12 heteroatoms. The summed E-state index contributed by atoms with van der Waals surface area (Å²) in [5.74, 6) is -2.92. The smallest absolute Gasteiger partial charge is 0.274 e. The molecule has 3 N–H and O–H groups in total. The van der Waals surface area contributed by atoms with Gasteiger partial charge in [-0.25, -0.2) is 13.8 Å². The van der Waals surface area contributed by atoms with Gasteiger partial charge in [0.05, 0.1) is 18.3 Å². The number of carbonyl (C=O) groups excluding carboxylic acids is 1. The zero-order valence-electron chi connectivity index (χ0n) is 19.7. The summed E-state index contributed by atoms with van der Waals surface area (Å²) in [6.07, 6.45) is 6.14. The van der Waals surface area contributed by atoms with Gasteiger partial charge < -0.3 is 20.5 Å². The molecule has 1 amide bonds. The summed E-state index contributed by atoms with van der Waals surface area (Å²) in [6.45, 7) is 0. The van der Waals surface area contributed by atoms with E-state index in [0.717, 1.165) is 19.3 Å². The summed E-state index contributed by atoms with van der Waals surface area (Å²) in [4.78, 5) is 30.5. The SMILES string of the molecule is CNc1cc(Nc2cccn([C@@H]3CCC[C@H](C#N)C3)c2=O)nc2c(C(=O)NC3CCC3(F)F)cnn12. The molecule has 3 heterocycles. The molecule has 188 valence electrons. The fourth-order valence-corrected chi connectivity index (χ4v) is 4.85. The lowest BCUT2D eigenvalue weighted by atomic mass is 9.86. The molecular formula is C24H26F2N8O2. The molecule has 0 aromatic carbocycles. The number of halogens is 2. The Hall–Kier alpha value is -4.01. The maximum atomic E-state index is 13.7. The van der Waals surface area contributed by atoms with Crippen molar-refractivity contribution in [3.8, 4) is 6.07 Å². The van der Waals surface area contributed by atoms with Gasteiger partial charge in [0, 0.05) is 37.7 Å². The molecule has 2 fully saturated rings. The van der Waals surface area contributed by atoms with E-state index in [9.17, 15) is 23.6 Å². The first-order valence-electron chi connectivity index (χ1n) is 11.9. The maximum absolute atomic E-state index is 13.7. The third-order valence-corrected chi connectivity index (χ3v) is 7.01. The van der Waals surface area contributed by atoms with E-state index in [1.54, 1.807) is 36.0 Å². The first-order valence-corrected chi connectivity index (χ1v) is 11.9. The lowest BCUT2D eigenvalue weighted by Gasteiger charge is -2.36. The van der Waals surface area contributed by atoms with Crippen LogP contribution in [0.1, 0.15) is 54.9 Å². The van der Waals surface area contributed by atoms with E-state index in [2.05, 4.69) is 32.1 Å². The predicted octanol–water partition coefficient (Wildman–Crippen LogP) is 3.46.